The summed E-state index contributed by atoms with van der Waals surface area (Å²) in [5.74, 6) is -1.42. The molecular weight excluding hydrogens is 425 g/mol. The summed E-state index contributed by atoms with van der Waals surface area (Å²) in [5.41, 5.74) is 1.29. The molecule has 168 valence electrons. The Morgan fingerprint density at radius 1 is 1.03 bits per heavy atom. The molecule has 0 bridgehead atoms. The van der Waals surface area contributed by atoms with Crippen LogP contribution in [0.3, 0.4) is 0 Å². The summed E-state index contributed by atoms with van der Waals surface area (Å²) in [6, 6.07) is 14.0. The van der Waals surface area contributed by atoms with Crippen molar-refractivity contribution in [3.8, 4) is 0 Å². The highest BCUT2D eigenvalue weighted by molar-refractivity contribution is 5.89. The van der Waals surface area contributed by atoms with Crippen LogP contribution in [-0.4, -0.2) is 36.3 Å². The maximum atomic E-state index is 12.5. The van der Waals surface area contributed by atoms with E-state index in [1.165, 1.54) is 12.1 Å². The van der Waals surface area contributed by atoms with Crippen LogP contribution in [0, 0.1) is 10.1 Å². The first kappa shape index (κ1) is 23.1. The van der Waals surface area contributed by atoms with Gasteiger partial charge in [0.2, 0.25) is 0 Å². The number of esters is 1. The summed E-state index contributed by atoms with van der Waals surface area (Å²) >= 11 is 0. The molecule has 0 aromatic heterocycles. The fraction of sp³-hybridized carbons (Fsp3) is 0.261. The highest BCUT2D eigenvalue weighted by atomic mass is 19.4. The van der Waals surface area contributed by atoms with Gasteiger partial charge in [-0.25, -0.2) is 4.79 Å². The lowest BCUT2D eigenvalue weighted by Crippen LogP contribution is -2.38. The minimum Gasteiger partial charge on any atom is -0.459 e. The summed E-state index contributed by atoms with van der Waals surface area (Å²) in [4.78, 5) is 23.9. The van der Waals surface area contributed by atoms with Crippen molar-refractivity contribution in [1.82, 2.24) is 0 Å². The molecular formula is C23H21F3N2O4. The number of carbonyl (C=O) groups excluding carboxylic acids is 1. The zero-order valence-electron chi connectivity index (χ0n) is 17.0. The predicted molar refractivity (Wildman–Crippen MR) is 115 cm³/mol. The average Bonchev–Trinajstić information content (AvgIpc) is 2.77. The van der Waals surface area contributed by atoms with Crippen molar-refractivity contribution in [2.45, 2.75) is 25.1 Å². The summed E-state index contributed by atoms with van der Waals surface area (Å²) in [6.45, 7) is 3.86. The lowest BCUT2D eigenvalue weighted by Gasteiger charge is -2.33. The van der Waals surface area contributed by atoms with E-state index in [0.29, 0.717) is 25.9 Å². The van der Waals surface area contributed by atoms with E-state index in [-0.39, 0.29) is 5.69 Å². The summed E-state index contributed by atoms with van der Waals surface area (Å²) in [7, 11) is 0. The summed E-state index contributed by atoms with van der Waals surface area (Å²) < 4.78 is 42.5. The molecule has 9 heteroatoms. The van der Waals surface area contributed by atoms with Gasteiger partial charge in [0.15, 0.2) is 0 Å². The minimum absolute atomic E-state index is 0.0373. The topological polar surface area (TPSA) is 72.7 Å². The van der Waals surface area contributed by atoms with Gasteiger partial charge >= 0.3 is 12.1 Å². The number of alkyl halides is 3. The third-order valence-corrected chi connectivity index (χ3v) is 5.13. The Morgan fingerprint density at radius 2 is 1.53 bits per heavy atom. The van der Waals surface area contributed by atoms with Crippen LogP contribution in [-0.2, 0) is 9.53 Å². The zero-order valence-corrected chi connectivity index (χ0v) is 17.0. The number of hydrogen-bond donors (Lipinski definition) is 0. The predicted octanol–water partition coefficient (Wildman–Crippen LogP) is 5.40. The number of non-ortho nitro benzene ring substituents is 1. The number of nitro benzene ring substituents is 1. The number of carbonyl (C=O) groups is 1. The van der Waals surface area contributed by atoms with Gasteiger partial charge in [-0.15, -0.1) is 0 Å². The van der Waals surface area contributed by atoms with Gasteiger partial charge in [-0.1, -0.05) is 30.9 Å². The van der Waals surface area contributed by atoms with Crippen molar-refractivity contribution in [1.29, 1.82) is 0 Å². The van der Waals surface area contributed by atoms with E-state index < -0.39 is 28.7 Å². The number of piperidine rings is 1. The molecule has 1 heterocycles. The average molecular weight is 446 g/mol. The van der Waals surface area contributed by atoms with E-state index in [4.69, 9.17) is 4.74 Å². The largest absolute Gasteiger partial charge is 0.459 e. The molecule has 2 aromatic rings. The number of nitro groups is 1. The van der Waals surface area contributed by atoms with E-state index in [2.05, 4.69) is 11.5 Å². The van der Waals surface area contributed by atoms with Crippen LogP contribution in [0.4, 0.5) is 24.5 Å². The Balaban J connectivity index is 1.52. The number of ether oxygens (including phenoxy) is 1. The van der Waals surface area contributed by atoms with Crippen LogP contribution in [0.25, 0.3) is 12.2 Å². The summed E-state index contributed by atoms with van der Waals surface area (Å²) in [6.07, 6.45) is -0.747. The molecule has 0 aliphatic carbocycles. The Kier molecular flexibility index (Phi) is 6.97. The van der Waals surface area contributed by atoms with Crippen molar-refractivity contribution < 1.29 is 27.6 Å². The first-order valence-electron chi connectivity index (χ1n) is 9.88. The standard InChI is InChI=1S/C23H21F3N2O4/c1-16(23(24,25)26)22(29)32-21-12-14-27(15-13-21)19-8-4-17(5-9-19)2-3-18-6-10-20(11-7-18)28(30)31/h2-11,21H,1,12-15H2. The molecule has 1 fully saturated rings. The summed E-state index contributed by atoms with van der Waals surface area (Å²) in [5, 5.41) is 10.7. The fourth-order valence-corrected chi connectivity index (χ4v) is 3.27. The van der Waals surface area contributed by atoms with E-state index in [0.717, 1.165) is 16.8 Å². The van der Waals surface area contributed by atoms with Gasteiger partial charge < -0.3 is 9.64 Å². The molecule has 2 aromatic carbocycles. The number of halogens is 3. The molecule has 6 nitrogen and oxygen atoms in total. The smallest absolute Gasteiger partial charge is 0.422 e. The van der Waals surface area contributed by atoms with Crippen LogP contribution >= 0.6 is 0 Å². The van der Waals surface area contributed by atoms with Crippen molar-refractivity contribution in [2.24, 2.45) is 0 Å². The minimum atomic E-state index is -4.79. The number of benzene rings is 2. The molecule has 0 spiro atoms. The third kappa shape index (κ3) is 5.96. The van der Waals surface area contributed by atoms with E-state index in [1.54, 1.807) is 12.1 Å². The molecule has 0 radical (unpaired) electrons. The van der Waals surface area contributed by atoms with Crippen LogP contribution in [0.1, 0.15) is 24.0 Å². The van der Waals surface area contributed by atoms with Crippen molar-refractivity contribution in [2.75, 3.05) is 18.0 Å². The van der Waals surface area contributed by atoms with Crippen molar-refractivity contribution >= 4 is 29.5 Å². The zero-order chi connectivity index (χ0) is 23.3. The Hall–Kier alpha value is -3.62. The lowest BCUT2D eigenvalue weighted by atomic mass is 10.1. The van der Waals surface area contributed by atoms with Crippen LogP contribution in [0.5, 0.6) is 0 Å². The monoisotopic (exact) mass is 446 g/mol. The molecule has 0 amide bonds. The first-order valence-corrected chi connectivity index (χ1v) is 9.88. The molecule has 0 atom stereocenters. The fourth-order valence-electron chi connectivity index (χ4n) is 3.27. The molecule has 3 rings (SSSR count). The van der Waals surface area contributed by atoms with Crippen LogP contribution < -0.4 is 4.90 Å². The third-order valence-electron chi connectivity index (χ3n) is 5.13. The Labute approximate surface area is 182 Å². The molecule has 1 aliphatic heterocycles. The molecule has 1 saturated heterocycles. The maximum Gasteiger partial charge on any atom is 0.422 e. The SMILES string of the molecule is C=C(C(=O)OC1CCN(c2ccc(C=Cc3ccc([N+](=O)[O-])cc3)cc2)CC1)C(F)(F)F. The lowest BCUT2D eigenvalue weighted by molar-refractivity contribution is -0.384. The Morgan fingerprint density at radius 3 is 2.00 bits per heavy atom. The van der Waals surface area contributed by atoms with Crippen LogP contribution in [0.15, 0.2) is 60.7 Å². The first-order chi connectivity index (χ1) is 15.1. The molecule has 0 unspecified atom stereocenters. The number of nitrogens with zero attached hydrogens (tertiary/aromatic N) is 2. The van der Waals surface area contributed by atoms with E-state index >= 15 is 0 Å². The van der Waals surface area contributed by atoms with Gasteiger partial charge in [0.1, 0.15) is 11.7 Å². The highest BCUT2D eigenvalue weighted by Gasteiger charge is 2.39. The van der Waals surface area contributed by atoms with Gasteiger partial charge in [-0.2, -0.15) is 13.2 Å². The maximum absolute atomic E-state index is 12.5. The van der Waals surface area contributed by atoms with Crippen LogP contribution in [0.2, 0.25) is 0 Å². The highest BCUT2D eigenvalue weighted by Crippen LogP contribution is 2.27. The van der Waals surface area contributed by atoms with E-state index in [9.17, 15) is 28.1 Å². The molecule has 0 N–H and O–H groups in total. The van der Waals surface area contributed by atoms with E-state index in [1.807, 2.05) is 36.4 Å². The molecule has 1 aliphatic rings. The second kappa shape index (κ2) is 9.67. The second-order valence-corrected chi connectivity index (χ2v) is 7.34. The normalized spacial score (nSPS) is 15.0. The number of anilines is 1. The quantitative estimate of drug-likeness (QED) is 0.195. The number of rotatable bonds is 6. The number of hydrogen-bond acceptors (Lipinski definition) is 5. The van der Waals surface area contributed by atoms with Gasteiger partial charge in [-0.3, -0.25) is 10.1 Å². The van der Waals surface area contributed by atoms with Gasteiger partial charge in [-0.05, 0) is 35.4 Å². The molecule has 0 saturated carbocycles. The van der Waals surface area contributed by atoms with Crippen molar-refractivity contribution in [3.63, 3.8) is 0 Å². The van der Waals surface area contributed by atoms with Gasteiger partial charge in [0.25, 0.3) is 5.69 Å². The van der Waals surface area contributed by atoms with Gasteiger partial charge in [0, 0.05) is 43.8 Å². The van der Waals surface area contributed by atoms with Crippen molar-refractivity contribution in [3.05, 3.63) is 81.9 Å². The van der Waals surface area contributed by atoms with Gasteiger partial charge in [0.05, 0.1) is 4.92 Å². The molecule has 32 heavy (non-hydrogen) atoms. The second-order valence-electron chi connectivity index (χ2n) is 7.34. The Bertz CT molecular complexity index is 1010.